The lowest BCUT2D eigenvalue weighted by molar-refractivity contribution is -0.121. The quantitative estimate of drug-likeness (QED) is 0.610. The van der Waals surface area contributed by atoms with Crippen molar-refractivity contribution in [3.63, 3.8) is 0 Å². The predicted molar refractivity (Wildman–Crippen MR) is 50.8 cm³/mol. The van der Waals surface area contributed by atoms with Gasteiger partial charge in [0.25, 0.3) is 0 Å². The van der Waals surface area contributed by atoms with Crippen LogP contribution in [-0.2, 0) is 9.59 Å². The second kappa shape index (κ2) is 6.60. The van der Waals surface area contributed by atoms with E-state index in [-0.39, 0.29) is 11.8 Å². The van der Waals surface area contributed by atoms with Crippen LogP contribution in [0, 0.1) is 5.92 Å². The molecule has 75 valence electrons. The van der Waals surface area contributed by atoms with E-state index in [1.165, 1.54) is 0 Å². The number of rotatable bonds is 6. The molecule has 0 saturated heterocycles. The Balaban J connectivity index is 3.80. The lowest BCUT2D eigenvalue weighted by Crippen LogP contribution is -2.39. The Morgan fingerprint density at radius 2 is 2.15 bits per heavy atom. The van der Waals surface area contributed by atoms with Crippen LogP contribution in [0.15, 0.2) is 0 Å². The minimum absolute atomic E-state index is 0.0827. The normalized spacial score (nSPS) is 12.6. The highest BCUT2D eigenvalue weighted by Gasteiger charge is 2.15. The van der Waals surface area contributed by atoms with Crippen LogP contribution in [0.4, 0.5) is 0 Å². The number of carbonyl (C=O) groups excluding carboxylic acids is 2. The van der Waals surface area contributed by atoms with E-state index in [0.717, 1.165) is 0 Å². The molecule has 0 heterocycles. The van der Waals surface area contributed by atoms with Gasteiger partial charge in [-0.25, -0.2) is 0 Å². The Labute approximate surface area is 78.9 Å². The van der Waals surface area contributed by atoms with Gasteiger partial charge in [-0.3, -0.25) is 9.59 Å². The van der Waals surface area contributed by atoms with Gasteiger partial charge in [-0.05, 0) is 18.9 Å². The van der Waals surface area contributed by atoms with E-state index < -0.39 is 6.04 Å². The van der Waals surface area contributed by atoms with Gasteiger partial charge in [-0.1, -0.05) is 13.8 Å². The van der Waals surface area contributed by atoms with E-state index in [2.05, 4.69) is 5.32 Å². The van der Waals surface area contributed by atoms with Crippen LogP contribution in [0.2, 0.25) is 0 Å². The molecule has 0 aliphatic heterocycles. The van der Waals surface area contributed by atoms with Gasteiger partial charge in [0.15, 0.2) is 0 Å². The van der Waals surface area contributed by atoms with E-state index >= 15 is 0 Å². The molecular weight excluding hydrogens is 168 g/mol. The summed E-state index contributed by atoms with van der Waals surface area (Å²) in [5.74, 6) is -0.0492. The zero-order chi connectivity index (χ0) is 10.3. The van der Waals surface area contributed by atoms with Crippen LogP contribution in [-0.4, -0.2) is 24.8 Å². The Morgan fingerprint density at radius 1 is 1.54 bits per heavy atom. The van der Waals surface area contributed by atoms with Gasteiger partial charge in [-0.15, -0.1) is 0 Å². The smallest absolute Gasteiger partial charge is 0.223 e. The zero-order valence-corrected chi connectivity index (χ0v) is 8.17. The SMILES string of the molecule is CC(C)[C@@H]([C]=O)NC(=O)CCCN. The Bertz CT molecular complexity index is 169. The van der Waals surface area contributed by atoms with Crippen molar-refractivity contribution < 1.29 is 9.59 Å². The van der Waals surface area contributed by atoms with Gasteiger partial charge in [0.2, 0.25) is 12.2 Å². The highest BCUT2D eigenvalue weighted by atomic mass is 16.2. The van der Waals surface area contributed by atoms with Crippen LogP contribution in [0.5, 0.6) is 0 Å². The molecular formula is C9H17N2O2. The van der Waals surface area contributed by atoms with Crippen molar-refractivity contribution in [1.29, 1.82) is 0 Å². The molecule has 0 saturated carbocycles. The average Bonchev–Trinajstić information content (AvgIpc) is 2.10. The van der Waals surface area contributed by atoms with Crippen LogP contribution < -0.4 is 11.1 Å². The number of nitrogens with two attached hydrogens (primary N) is 1. The van der Waals surface area contributed by atoms with Crippen molar-refractivity contribution in [2.24, 2.45) is 11.7 Å². The van der Waals surface area contributed by atoms with Crippen molar-refractivity contribution in [1.82, 2.24) is 5.32 Å². The summed E-state index contributed by atoms with van der Waals surface area (Å²) in [5.41, 5.74) is 5.24. The zero-order valence-electron chi connectivity index (χ0n) is 8.17. The number of carbonyl (C=O) groups is 1. The molecule has 0 aliphatic rings. The molecule has 0 aromatic rings. The molecule has 0 bridgehead atoms. The van der Waals surface area contributed by atoms with Crippen molar-refractivity contribution in [3.8, 4) is 0 Å². The summed E-state index contributed by atoms with van der Waals surface area (Å²) >= 11 is 0. The summed E-state index contributed by atoms with van der Waals surface area (Å²) in [4.78, 5) is 21.5. The molecule has 0 aliphatic carbocycles. The fourth-order valence-electron chi connectivity index (χ4n) is 0.840. The molecule has 1 amide bonds. The van der Waals surface area contributed by atoms with Gasteiger partial charge in [-0.2, -0.15) is 0 Å². The number of hydrogen-bond acceptors (Lipinski definition) is 3. The maximum Gasteiger partial charge on any atom is 0.223 e. The topological polar surface area (TPSA) is 72.2 Å². The van der Waals surface area contributed by atoms with Crippen molar-refractivity contribution in [2.45, 2.75) is 32.7 Å². The molecule has 13 heavy (non-hydrogen) atoms. The fraction of sp³-hybridized carbons (Fsp3) is 0.778. The molecule has 3 N–H and O–H groups in total. The summed E-state index contributed by atoms with van der Waals surface area (Å²) in [7, 11) is 0. The first-order valence-corrected chi connectivity index (χ1v) is 4.49. The van der Waals surface area contributed by atoms with E-state index in [0.29, 0.717) is 19.4 Å². The van der Waals surface area contributed by atoms with E-state index in [1.807, 2.05) is 13.8 Å². The largest absolute Gasteiger partial charge is 0.346 e. The first-order valence-electron chi connectivity index (χ1n) is 4.49. The molecule has 0 aromatic heterocycles. The third-order valence-corrected chi connectivity index (χ3v) is 1.72. The lowest BCUT2D eigenvalue weighted by Gasteiger charge is -2.14. The second-order valence-electron chi connectivity index (χ2n) is 3.30. The highest BCUT2D eigenvalue weighted by molar-refractivity contribution is 5.79. The third kappa shape index (κ3) is 5.36. The Kier molecular flexibility index (Phi) is 6.14. The molecule has 4 nitrogen and oxygen atoms in total. The fourth-order valence-corrected chi connectivity index (χ4v) is 0.840. The predicted octanol–water partition coefficient (Wildman–Crippen LogP) is -0.0242. The van der Waals surface area contributed by atoms with Crippen molar-refractivity contribution in [3.05, 3.63) is 0 Å². The first-order chi connectivity index (χ1) is 6.11. The minimum atomic E-state index is -0.495. The summed E-state index contributed by atoms with van der Waals surface area (Å²) in [5, 5.41) is 2.58. The maximum atomic E-state index is 11.1. The van der Waals surface area contributed by atoms with Crippen molar-refractivity contribution >= 4 is 12.2 Å². The van der Waals surface area contributed by atoms with Crippen LogP contribution in [0.3, 0.4) is 0 Å². The third-order valence-electron chi connectivity index (χ3n) is 1.72. The first kappa shape index (κ1) is 12.1. The van der Waals surface area contributed by atoms with Gasteiger partial charge in [0, 0.05) is 6.42 Å². The summed E-state index contributed by atoms with van der Waals surface area (Å²) in [6.07, 6.45) is 2.82. The summed E-state index contributed by atoms with van der Waals surface area (Å²) < 4.78 is 0. The van der Waals surface area contributed by atoms with Gasteiger partial charge in [0.1, 0.15) is 0 Å². The number of amides is 1. The molecule has 1 atom stereocenters. The van der Waals surface area contributed by atoms with Gasteiger partial charge >= 0.3 is 0 Å². The standard InChI is InChI=1S/C9H17N2O2/c1-7(2)8(6-12)11-9(13)4-3-5-10/h7-8H,3-5,10H2,1-2H3,(H,11,13)/t8-/m1/s1. The van der Waals surface area contributed by atoms with E-state index in [1.54, 1.807) is 6.29 Å². The summed E-state index contributed by atoms with van der Waals surface area (Å²) in [6.45, 7) is 4.21. The maximum absolute atomic E-state index is 11.1. The number of nitrogens with one attached hydrogen (secondary N) is 1. The average molecular weight is 185 g/mol. The molecule has 1 radical (unpaired) electrons. The molecule has 0 fully saturated rings. The van der Waals surface area contributed by atoms with Gasteiger partial charge < -0.3 is 11.1 Å². The monoisotopic (exact) mass is 185 g/mol. The molecule has 0 rings (SSSR count). The van der Waals surface area contributed by atoms with Crippen LogP contribution >= 0.6 is 0 Å². The second-order valence-corrected chi connectivity index (χ2v) is 3.30. The lowest BCUT2D eigenvalue weighted by atomic mass is 10.1. The molecule has 4 heteroatoms. The minimum Gasteiger partial charge on any atom is -0.346 e. The summed E-state index contributed by atoms with van der Waals surface area (Å²) in [6, 6.07) is -0.495. The Hall–Kier alpha value is -0.900. The molecule has 0 aromatic carbocycles. The molecule has 0 spiro atoms. The highest BCUT2D eigenvalue weighted by Crippen LogP contribution is 1.99. The Morgan fingerprint density at radius 3 is 2.54 bits per heavy atom. The van der Waals surface area contributed by atoms with Crippen molar-refractivity contribution in [2.75, 3.05) is 6.54 Å². The van der Waals surface area contributed by atoms with Crippen LogP contribution in [0.25, 0.3) is 0 Å². The van der Waals surface area contributed by atoms with E-state index in [4.69, 9.17) is 5.73 Å². The molecule has 0 unspecified atom stereocenters. The number of hydrogen-bond donors (Lipinski definition) is 2. The van der Waals surface area contributed by atoms with Crippen LogP contribution in [0.1, 0.15) is 26.7 Å². The van der Waals surface area contributed by atoms with E-state index in [9.17, 15) is 9.59 Å². The van der Waals surface area contributed by atoms with Gasteiger partial charge in [0.05, 0.1) is 6.04 Å².